The summed E-state index contributed by atoms with van der Waals surface area (Å²) in [7, 11) is 0. The van der Waals surface area contributed by atoms with Crippen molar-refractivity contribution in [2.75, 3.05) is 0 Å². The van der Waals surface area contributed by atoms with Gasteiger partial charge in [-0.1, -0.05) is 11.2 Å². The first-order valence-electron chi connectivity index (χ1n) is 5.58. The zero-order chi connectivity index (χ0) is 14.6. The highest BCUT2D eigenvalue weighted by atomic mass is 79.9. The summed E-state index contributed by atoms with van der Waals surface area (Å²) in [4.78, 5) is 0. The molecule has 8 heteroatoms. The first kappa shape index (κ1) is 14.9. The number of halogens is 4. The van der Waals surface area contributed by atoms with Crippen LogP contribution in [0.1, 0.15) is 11.3 Å². The van der Waals surface area contributed by atoms with E-state index in [2.05, 4.69) is 31.1 Å². The van der Waals surface area contributed by atoms with Gasteiger partial charge >= 0.3 is 6.36 Å². The molecule has 1 aromatic heterocycles. The van der Waals surface area contributed by atoms with E-state index in [0.717, 1.165) is 5.56 Å². The molecule has 0 radical (unpaired) electrons. The van der Waals surface area contributed by atoms with Gasteiger partial charge in [-0.15, -0.1) is 13.2 Å². The third-order valence-corrected chi connectivity index (χ3v) is 2.96. The second-order valence-corrected chi connectivity index (χ2v) is 4.75. The van der Waals surface area contributed by atoms with Crippen LogP contribution in [0.25, 0.3) is 0 Å². The molecule has 0 unspecified atom stereocenters. The summed E-state index contributed by atoms with van der Waals surface area (Å²) < 4.78 is 45.3. The molecule has 2 aromatic rings. The molecule has 0 spiro atoms. The summed E-state index contributed by atoms with van der Waals surface area (Å²) in [6, 6.07) is 6.11. The van der Waals surface area contributed by atoms with E-state index in [9.17, 15) is 13.2 Å². The van der Waals surface area contributed by atoms with Crippen LogP contribution in [0.3, 0.4) is 0 Å². The van der Waals surface area contributed by atoms with Crippen molar-refractivity contribution in [3.05, 3.63) is 46.3 Å². The van der Waals surface area contributed by atoms with E-state index >= 15 is 0 Å². The number of ether oxygens (including phenoxy) is 1. The van der Waals surface area contributed by atoms with Crippen LogP contribution in [0.2, 0.25) is 0 Å². The molecule has 0 amide bonds. The average molecular weight is 351 g/mol. The fraction of sp³-hybridized carbons (Fsp3) is 0.250. The van der Waals surface area contributed by atoms with Crippen molar-refractivity contribution in [1.29, 1.82) is 0 Å². The Morgan fingerprint density at radius 1 is 1.25 bits per heavy atom. The van der Waals surface area contributed by atoms with Crippen molar-refractivity contribution < 1.29 is 22.4 Å². The zero-order valence-corrected chi connectivity index (χ0v) is 11.7. The lowest BCUT2D eigenvalue weighted by Gasteiger charge is -2.11. The number of aromatic nitrogens is 1. The minimum absolute atomic E-state index is 0.244. The molecule has 0 fully saturated rings. The van der Waals surface area contributed by atoms with Crippen LogP contribution in [-0.4, -0.2) is 11.5 Å². The number of alkyl halides is 3. The van der Waals surface area contributed by atoms with Gasteiger partial charge in [0, 0.05) is 12.6 Å². The van der Waals surface area contributed by atoms with Crippen LogP contribution >= 0.6 is 15.9 Å². The zero-order valence-electron chi connectivity index (χ0n) is 10.1. The van der Waals surface area contributed by atoms with Gasteiger partial charge in [0.25, 0.3) is 0 Å². The molecule has 0 aliphatic heterocycles. The Balaban J connectivity index is 1.91. The Morgan fingerprint density at radius 2 is 2.05 bits per heavy atom. The minimum Gasteiger partial charge on any atom is -0.405 e. The standard InChI is InChI=1S/C12H10BrF3N2O2/c13-10-5-8(1-2-11(10)19-12(14,15)16)6-17-7-9-3-4-18-20-9/h1-5,17H,6-7H2. The molecule has 4 nitrogen and oxygen atoms in total. The van der Waals surface area contributed by atoms with Gasteiger partial charge in [-0.05, 0) is 33.6 Å². The van der Waals surface area contributed by atoms with Gasteiger partial charge in [-0.2, -0.15) is 0 Å². The van der Waals surface area contributed by atoms with Gasteiger partial charge in [0.2, 0.25) is 0 Å². The fourth-order valence-electron chi connectivity index (χ4n) is 1.53. The van der Waals surface area contributed by atoms with Crippen molar-refractivity contribution in [3.63, 3.8) is 0 Å². The molecule has 2 rings (SSSR count). The van der Waals surface area contributed by atoms with Crippen molar-refractivity contribution in [2.45, 2.75) is 19.5 Å². The largest absolute Gasteiger partial charge is 0.573 e. The van der Waals surface area contributed by atoms with E-state index < -0.39 is 6.36 Å². The molecule has 20 heavy (non-hydrogen) atoms. The predicted octanol–water partition coefficient (Wildman–Crippen LogP) is 3.63. The Bertz CT molecular complexity index is 558. The van der Waals surface area contributed by atoms with Crippen LogP contribution < -0.4 is 10.1 Å². The Kier molecular flexibility index (Phi) is 4.66. The molecule has 1 heterocycles. The quantitative estimate of drug-likeness (QED) is 0.894. The molecule has 0 aliphatic rings. The lowest BCUT2D eigenvalue weighted by atomic mass is 10.2. The van der Waals surface area contributed by atoms with Gasteiger partial charge in [0.05, 0.1) is 17.2 Å². The summed E-state index contributed by atoms with van der Waals surface area (Å²) in [5.74, 6) is 0.414. The van der Waals surface area contributed by atoms with Gasteiger partial charge < -0.3 is 14.6 Å². The van der Waals surface area contributed by atoms with Crippen LogP contribution in [-0.2, 0) is 13.1 Å². The first-order valence-corrected chi connectivity index (χ1v) is 6.38. The summed E-state index contributed by atoms with van der Waals surface area (Å²) in [6.45, 7) is 0.962. The van der Waals surface area contributed by atoms with E-state index in [4.69, 9.17) is 4.52 Å². The van der Waals surface area contributed by atoms with Gasteiger partial charge in [-0.3, -0.25) is 0 Å². The van der Waals surface area contributed by atoms with E-state index in [-0.39, 0.29) is 10.2 Å². The maximum absolute atomic E-state index is 12.1. The van der Waals surface area contributed by atoms with Crippen molar-refractivity contribution in [1.82, 2.24) is 10.5 Å². The highest BCUT2D eigenvalue weighted by Gasteiger charge is 2.31. The third kappa shape index (κ3) is 4.53. The Hall–Kier alpha value is -1.54. The van der Waals surface area contributed by atoms with Crippen LogP contribution in [0.15, 0.2) is 39.5 Å². The van der Waals surface area contributed by atoms with Crippen molar-refractivity contribution in [3.8, 4) is 5.75 Å². The second kappa shape index (κ2) is 6.27. The first-order chi connectivity index (χ1) is 9.44. The molecule has 0 bridgehead atoms. The van der Waals surface area contributed by atoms with Gasteiger partial charge in [0.15, 0.2) is 0 Å². The molecule has 1 N–H and O–H groups in total. The highest BCUT2D eigenvalue weighted by molar-refractivity contribution is 9.10. The van der Waals surface area contributed by atoms with Gasteiger partial charge in [0.1, 0.15) is 11.5 Å². The molecule has 0 aliphatic carbocycles. The molecule has 1 aromatic carbocycles. The number of nitrogens with zero attached hydrogens (tertiary/aromatic N) is 1. The second-order valence-electron chi connectivity index (χ2n) is 3.89. The van der Waals surface area contributed by atoms with E-state index in [1.54, 1.807) is 18.2 Å². The molecule has 0 saturated heterocycles. The summed E-state index contributed by atoms with van der Waals surface area (Å²) >= 11 is 3.05. The molecule has 0 saturated carbocycles. The smallest absolute Gasteiger partial charge is 0.405 e. The number of rotatable bonds is 5. The normalized spacial score (nSPS) is 11.6. The minimum atomic E-state index is -4.70. The Morgan fingerprint density at radius 3 is 2.65 bits per heavy atom. The fourth-order valence-corrected chi connectivity index (χ4v) is 2.03. The summed E-state index contributed by atoms with van der Waals surface area (Å²) in [6.07, 6.45) is -3.16. The van der Waals surface area contributed by atoms with Crippen molar-refractivity contribution in [2.24, 2.45) is 0 Å². The van der Waals surface area contributed by atoms with Crippen molar-refractivity contribution >= 4 is 15.9 Å². The predicted molar refractivity (Wildman–Crippen MR) is 67.9 cm³/mol. The molecular weight excluding hydrogens is 341 g/mol. The monoisotopic (exact) mass is 350 g/mol. The number of hydrogen-bond donors (Lipinski definition) is 1. The summed E-state index contributed by atoms with van der Waals surface area (Å²) in [5.41, 5.74) is 0.811. The van der Waals surface area contributed by atoms with Crippen LogP contribution in [0, 0.1) is 0 Å². The van der Waals surface area contributed by atoms with E-state index in [1.165, 1.54) is 12.3 Å². The van der Waals surface area contributed by atoms with Crippen LogP contribution in [0.5, 0.6) is 5.75 Å². The third-order valence-electron chi connectivity index (χ3n) is 2.34. The van der Waals surface area contributed by atoms with E-state index in [0.29, 0.717) is 18.8 Å². The van der Waals surface area contributed by atoms with E-state index in [1.807, 2.05) is 0 Å². The lowest BCUT2D eigenvalue weighted by molar-refractivity contribution is -0.274. The Labute approximate surface area is 121 Å². The van der Waals surface area contributed by atoms with Gasteiger partial charge in [-0.25, -0.2) is 0 Å². The lowest BCUT2D eigenvalue weighted by Crippen LogP contribution is -2.17. The number of nitrogens with one attached hydrogen (secondary N) is 1. The summed E-state index contributed by atoms with van der Waals surface area (Å²) in [5, 5.41) is 6.64. The number of hydrogen-bond acceptors (Lipinski definition) is 4. The average Bonchev–Trinajstić information content (AvgIpc) is 2.84. The van der Waals surface area contributed by atoms with Crippen LogP contribution in [0.4, 0.5) is 13.2 Å². The molecule has 108 valence electrons. The topological polar surface area (TPSA) is 47.3 Å². The highest BCUT2D eigenvalue weighted by Crippen LogP contribution is 2.31. The number of benzene rings is 1. The molecular formula is C12H10BrF3N2O2. The maximum atomic E-state index is 12.1. The SMILES string of the molecule is FC(F)(F)Oc1ccc(CNCc2ccno2)cc1Br. The molecule has 0 atom stereocenters. The maximum Gasteiger partial charge on any atom is 0.573 e.